The van der Waals surface area contributed by atoms with Crippen LogP contribution in [0.25, 0.3) is 0 Å². The van der Waals surface area contributed by atoms with Gasteiger partial charge in [-0.15, -0.1) is 0 Å². The van der Waals surface area contributed by atoms with Gasteiger partial charge in [-0.05, 0) is 38.3 Å². The highest BCUT2D eigenvalue weighted by atomic mass is 16.2. The normalized spacial score (nSPS) is 17.7. The zero-order valence-electron chi connectivity index (χ0n) is 17.5. The van der Waals surface area contributed by atoms with Gasteiger partial charge in [0.2, 0.25) is 11.8 Å². The summed E-state index contributed by atoms with van der Waals surface area (Å²) >= 11 is 0. The summed E-state index contributed by atoms with van der Waals surface area (Å²) in [5.74, 6) is -2.10. The molecule has 1 saturated heterocycles. The van der Waals surface area contributed by atoms with Crippen molar-refractivity contribution in [2.75, 3.05) is 6.54 Å². The van der Waals surface area contributed by atoms with Crippen molar-refractivity contribution in [2.45, 2.75) is 38.6 Å². The number of urea groups is 1. The van der Waals surface area contributed by atoms with Crippen LogP contribution in [-0.2, 0) is 9.59 Å². The molecule has 2 aromatic rings. The van der Waals surface area contributed by atoms with Crippen LogP contribution in [0.3, 0.4) is 0 Å². The van der Waals surface area contributed by atoms with Crippen molar-refractivity contribution >= 4 is 24.1 Å². The fourth-order valence-corrected chi connectivity index (χ4v) is 3.64. The summed E-state index contributed by atoms with van der Waals surface area (Å²) in [6.45, 7) is 5.70. The fourth-order valence-electron chi connectivity index (χ4n) is 3.64. The van der Waals surface area contributed by atoms with Crippen LogP contribution in [-0.4, -0.2) is 41.0 Å². The molecule has 30 heavy (non-hydrogen) atoms. The predicted molar refractivity (Wildman–Crippen MR) is 116 cm³/mol. The number of nitrogens with zero attached hydrogens (tertiary/aromatic N) is 2. The monoisotopic (exact) mass is 405 g/mol. The lowest BCUT2D eigenvalue weighted by Crippen LogP contribution is -2.63. The summed E-state index contributed by atoms with van der Waals surface area (Å²) in [6, 6.07) is 19.7. The van der Waals surface area contributed by atoms with Crippen LogP contribution < -0.4 is 5.32 Å². The highest BCUT2D eigenvalue weighted by Crippen LogP contribution is 2.28. The Morgan fingerprint density at radius 1 is 0.967 bits per heavy atom. The Morgan fingerprint density at radius 3 is 2.00 bits per heavy atom. The molecule has 1 atom stereocenters. The molecule has 3 rings (SSSR count). The molecule has 6 heteroatoms. The number of hydrogen-bond donors (Lipinski definition) is 1. The van der Waals surface area contributed by atoms with E-state index in [1.807, 2.05) is 36.4 Å². The van der Waals surface area contributed by atoms with E-state index in [0.717, 1.165) is 11.3 Å². The minimum atomic E-state index is -1.09. The second-order valence-corrected chi connectivity index (χ2v) is 8.33. The lowest BCUT2D eigenvalue weighted by Gasteiger charge is -2.37. The zero-order chi connectivity index (χ0) is 21.7. The van der Waals surface area contributed by atoms with Crippen molar-refractivity contribution in [3.8, 4) is 0 Å². The number of hydrogen-bond acceptors (Lipinski definition) is 4. The molecule has 6 nitrogen and oxygen atoms in total. The Bertz CT molecular complexity index is 894. The number of rotatable bonds is 6. The molecule has 1 fully saturated rings. The maximum absolute atomic E-state index is 12.7. The first kappa shape index (κ1) is 21.4. The first-order chi connectivity index (χ1) is 14.3. The molecule has 1 N–H and O–H groups in total. The van der Waals surface area contributed by atoms with E-state index in [9.17, 15) is 14.4 Å². The quantitative estimate of drug-likeness (QED) is 0.587. The summed E-state index contributed by atoms with van der Waals surface area (Å²) in [5.41, 5.74) is 1.66. The number of imide groups is 2. The number of carbonyl (C=O) groups excluding carboxylic acids is 3. The second kappa shape index (κ2) is 9.03. The third kappa shape index (κ3) is 4.82. The molecule has 0 radical (unpaired) electrons. The summed E-state index contributed by atoms with van der Waals surface area (Å²) in [6.07, 6.45) is 2.10. The molecule has 1 heterocycles. The van der Waals surface area contributed by atoms with Crippen molar-refractivity contribution in [3.05, 3.63) is 71.8 Å². The molecule has 1 aliphatic rings. The minimum Gasteiger partial charge on any atom is -0.296 e. The molecular weight excluding hydrogens is 378 g/mol. The largest absolute Gasteiger partial charge is 0.331 e. The molecule has 0 unspecified atom stereocenters. The zero-order valence-corrected chi connectivity index (χ0v) is 17.5. The molecular formula is C24H27N3O3. The maximum atomic E-state index is 12.7. The van der Waals surface area contributed by atoms with Crippen LogP contribution in [0.15, 0.2) is 65.7 Å². The van der Waals surface area contributed by atoms with Crippen molar-refractivity contribution in [2.24, 2.45) is 10.9 Å². The molecule has 0 aliphatic carbocycles. The van der Waals surface area contributed by atoms with E-state index >= 15 is 0 Å². The van der Waals surface area contributed by atoms with Gasteiger partial charge in [-0.2, -0.15) is 0 Å². The van der Waals surface area contributed by atoms with E-state index in [0.29, 0.717) is 6.54 Å². The van der Waals surface area contributed by atoms with Crippen LogP contribution in [0.5, 0.6) is 0 Å². The smallest absolute Gasteiger partial charge is 0.296 e. The van der Waals surface area contributed by atoms with Crippen LogP contribution in [0, 0.1) is 5.92 Å². The van der Waals surface area contributed by atoms with Gasteiger partial charge in [0, 0.05) is 24.2 Å². The molecule has 0 aromatic heterocycles. The number of benzene rings is 2. The van der Waals surface area contributed by atoms with Gasteiger partial charge in [0.1, 0.15) is 0 Å². The summed E-state index contributed by atoms with van der Waals surface area (Å²) in [7, 11) is 0. The Kier molecular flexibility index (Phi) is 6.45. The average molecular weight is 405 g/mol. The van der Waals surface area contributed by atoms with Gasteiger partial charge in [-0.3, -0.25) is 24.8 Å². The van der Waals surface area contributed by atoms with Gasteiger partial charge >= 0.3 is 6.03 Å². The van der Waals surface area contributed by atoms with Crippen LogP contribution in [0.2, 0.25) is 0 Å². The molecule has 0 spiro atoms. The summed E-state index contributed by atoms with van der Waals surface area (Å²) in [4.78, 5) is 42.4. The van der Waals surface area contributed by atoms with E-state index < -0.39 is 29.3 Å². The van der Waals surface area contributed by atoms with Crippen molar-refractivity contribution in [1.82, 2.24) is 10.2 Å². The van der Waals surface area contributed by atoms with Crippen LogP contribution in [0.4, 0.5) is 4.79 Å². The minimum absolute atomic E-state index is 0.160. The van der Waals surface area contributed by atoms with Crippen molar-refractivity contribution in [1.29, 1.82) is 0 Å². The standard InChI is InChI=1S/C24H27N3O3/c1-24(2,3)27-22(29)20(21(28)26-23(27)30)16-25-15-14-19(17-10-6-4-7-11-17)18-12-8-5-9-13-18/h4-13,16,19-20H,14-15H2,1-3H3,(H,26,28,30)/t20-/m1/s1. The molecule has 2 aromatic carbocycles. The Hall–Kier alpha value is -3.28. The first-order valence-corrected chi connectivity index (χ1v) is 10.1. The van der Waals surface area contributed by atoms with Gasteiger partial charge < -0.3 is 0 Å². The van der Waals surface area contributed by atoms with Crippen molar-refractivity contribution < 1.29 is 14.4 Å². The maximum Gasteiger partial charge on any atom is 0.331 e. The Balaban J connectivity index is 1.72. The van der Waals surface area contributed by atoms with Crippen LogP contribution >= 0.6 is 0 Å². The fraction of sp³-hybridized carbons (Fsp3) is 0.333. The number of amides is 4. The third-order valence-corrected chi connectivity index (χ3v) is 5.08. The highest BCUT2D eigenvalue weighted by molar-refractivity contribution is 6.23. The molecule has 1 aliphatic heterocycles. The molecule has 0 saturated carbocycles. The Labute approximate surface area is 177 Å². The third-order valence-electron chi connectivity index (χ3n) is 5.08. The number of nitrogens with one attached hydrogen (secondary N) is 1. The Morgan fingerprint density at radius 2 is 1.50 bits per heavy atom. The topological polar surface area (TPSA) is 78.8 Å². The lowest BCUT2D eigenvalue weighted by molar-refractivity contribution is -0.142. The van der Waals surface area contributed by atoms with E-state index in [1.54, 1.807) is 20.8 Å². The molecule has 156 valence electrons. The van der Waals surface area contributed by atoms with Crippen LogP contribution in [0.1, 0.15) is 44.2 Å². The second-order valence-electron chi connectivity index (χ2n) is 8.33. The van der Waals surface area contributed by atoms with Gasteiger partial charge in [-0.25, -0.2) is 4.79 Å². The van der Waals surface area contributed by atoms with Gasteiger partial charge in [-0.1, -0.05) is 60.7 Å². The highest BCUT2D eigenvalue weighted by Gasteiger charge is 2.44. The number of carbonyl (C=O) groups is 3. The van der Waals surface area contributed by atoms with Crippen molar-refractivity contribution in [3.63, 3.8) is 0 Å². The summed E-state index contributed by atoms with van der Waals surface area (Å²) < 4.78 is 0. The SMILES string of the molecule is CC(C)(C)N1C(=O)NC(=O)[C@@H](C=NCCC(c2ccccc2)c2ccccc2)C1=O. The van der Waals surface area contributed by atoms with E-state index in [-0.39, 0.29) is 5.92 Å². The van der Waals surface area contributed by atoms with Gasteiger partial charge in [0.25, 0.3) is 0 Å². The summed E-state index contributed by atoms with van der Waals surface area (Å²) in [5, 5.41) is 2.25. The number of aliphatic imine (C=N–C) groups is 1. The van der Waals surface area contributed by atoms with Gasteiger partial charge in [0.05, 0.1) is 0 Å². The number of barbiturate groups is 1. The predicted octanol–water partition coefficient (Wildman–Crippen LogP) is 3.77. The molecule has 0 bridgehead atoms. The van der Waals surface area contributed by atoms with E-state index in [2.05, 4.69) is 34.6 Å². The molecule has 4 amide bonds. The van der Waals surface area contributed by atoms with Gasteiger partial charge in [0.15, 0.2) is 5.92 Å². The first-order valence-electron chi connectivity index (χ1n) is 10.1. The van der Waals surface area contributed by atoms with E-state index in [1.165, 1.54) is 17.3 Å². The van der Waals surface area contributed by atoms with E-state index in [4.69, 9.17) is 0 Å². The lowest BCUT2D eigenvalue weighted by atomic mass is 9.88. The average Bonchev–Trinajstić information content (AvgIpc) is 2.70.